The monoisotopic (exact) mass is 1180 g/mol. The second-order valence-electron chi connectivity index (χ2n) is 32.6. The number of nitrogens with zero attached hydrogens (tertiary/aromatic N) is 1. The van der Waals surface area contributed by atoms with Crippen molar-refractivity contribution in [3.05, 3.63) is 92.6 Å². The normalized spacial score (nSPS) is 42.5. The van der Waals surface area contributed by atoms with Gasteiger partial charge in [0, 0.05) is 122 Å². The predicted molar refractivity (Wildman–Crippen MR) is 332 cm³/mol. The number of carbonyl (C=O) groups is 3. The van der Waals surface area contributed by atoms with Gasteiger partial charge in [-0.15, -0.1) is 11.8 Å². The molecule has 1 aromatic carbocycles. The number of fused-ring (bicyclic) bond motifs is 9. The van der Waals surface area contributed by atoms with Crippen LogP contribution in [0.15, 0.2) is 47.9 Å². The fraction of sp³-hybridized carbons (Fsp3) is 0.693. The highest BCUT2D eigenvalue weighted by molar-refractivity contribution is 6.02. The highest BCUT2D eigenvalue weighted by atomic mass is 16.6. The highest BCUT2D eigenvalue weighted by Crippen LogP contribution is 2.85. The van der Waals surface area contributed by atoms with E-state index in [0.717, 1.165) is 121 Å². The average Bonchev–Trinajstić information content (AvgIpc) is 1.63. The first-order valence-corrected chi connectivity index (χ1v) is 34.6. The molecule has 0 amide bonds. The Morgan fingerprint density at radius 3 is 2.44 bits per heavy atom. The van der Waals surface area contributed by atoms with Crippen LogP contribution in [0.4, 0.5) is 0 Å². The largest absolute Gasteiger partial charge is 0.392 e. The van der Waals surface area contributed by atoms with Gasteiger partial charge in [0.2, 0.25) is 0 Å². The van der Waals surface area contributed by atoms with Gasteiger partial charge in [0.1, 0.15) is 17.7 Å². The molecule has 3 aromatic heterocycles. The number of nitrogens with one attached hydrogen (secondary N) is 3. The number of ether oxygens (including phenoxy) is 2. The van der Waals surface area contributed by atoms with E-state index >= 15 is 19.5 Å². The van der Waals surface area contributed by atoms with E-state index in [4.69, 9.17) is 9.47 Å². The maximum absolute atomic E-state index is 16.6. The zero-order chi connectivity index (χ0) is 59.7. The Morgan fingerprint density at radius 1 is 0.862 bits per heavy atom. The number of H-pyrrole nitrogens is 2. The summed E-state index contributed by atoms with van der Waals surface area (Å²) >= 11 is 0. The molecular weight excluding hydrogens is 1080 g/mol. The molecule has 17 atom stereocenters. The third kappa shape index (κ3) is 7.28. The Hall–Kier alpha value is -4.61. The van der Waals surface area contributed by atoms with Crippen molar-refractivity contribution in [3.63, 3.8) is 0 Å². The average molecular weight is 1180 g/mol. The first-order chi connectivity index (χ1) is 41.8. The van der Waals surface area contributed by atoms with Crippen LogP contribution in [0, 0.1) is 68.0 Å². The van der Waals surface area contributed by atoms with Gasteiger partial charge in [-0.3, -0.25) is 14.4 Å². The minimum Gasteiger partial charge on any atom is -0.392 e. The molecule has 462 valence electrons. The number of allylic oxidation sites excluding steroid dienone is 1. The molecule has 13 aliphatic rings. The Labute approximate surface area is 513 Å². The Kier molecular flexibility index (Phi) is 12.3. The summed E-state index contributed by atoms with van der Waals surface area (Å²) in [5, 5.41) is 44.3. The molecule has 6 heterocycles. The number of benzene rings is 1. The Bertz CT molecular complexity index is 3690. The number of rotatable bonds is 7. The van der Waals surface area contributed by atoms with E-state index in [9.17, 15) is 10.2 Å². The molecule has 3 spiro atoms. The van der Waals surface area contributed by atoms with E-state index in [1.807, 2.05) is 13.8 Å². The van der Waals surface area contributed by atoms with Crippen LogP contribution in [-0.4, -0.2) is 97.4 Å². The van der Waals surface area contributed by atoms with Gasteiger partial charge in [0.15, 0.2) is 5.78 Å². The number of hydrogen-bond acceptors (Lipinski definition) is 9. The van der Waals surface area contributed by atoms with Crippen molar-refractivity contribution in [2.24, 2.45) is 56.2 Å². The van der Waals surface area contributed by atoms with Crippen molar-refractivity contribution in [2.75, 3.05) is 20.3 Å². The van der Waals surface area contributed by atoms with Crippen molar-refractivity contribution >= 4 is 28.4 Å². The zero-order valence-electron chi connectivity index (χ0n) is 52.6. The number of carbonyl (C=O) groups excluding carboxylic acids is 3. The van der Waals surface area contributed by atoms with Crippen LogP contribution in [0.3, 0.4) is 0 Å². The lowest BCUT2D eigenvalue weighted by molar-refractivity contribution is -0.274. The second kappa shape index (κ2) is 19.0. The molecule has 0 radical (unpaired) electrons. The van der Waals surface area contributed by atoms with Gasteiger partial charge in [-0.2, -0.15) is 0 Å². The summed E-state index contributed by atoms with van der Waals surface area (Å²) in [4.78, 5) is 56.1. The molecule has 3 aliphatic heterocycles. The van der Waals surface area contributed by atoms with Gasteiger partial charge >= 0.3 is 0 Å². The SMILES string of the molecule is CNC1CCCC2(C1)C(=O)C1c3cc[nH]c3C3CCC1(C3)C1(C)C2CCC23CC#CCC4Cc5c[nH]c6c(C7C(=O)CCc8c7cc(C7CCCCC7)cc8C7(O)CCOCC7)cn(c56)CC(C5=C(C(=O)CC52C)C4(C)CC(O)C2OC2(C)C)C(O)C31. The minimum absolute atomic E-state index is 0.0239. The quantitative estimate of drug-likeness (QED) is 0.0775. The van der Waals surface area contributed by atoms with Gasteiger partial charge in [-0.05, 0) is 195 Å². The molecule has 6 saturated carbocycles. The molecule has 17 rings (SSSR count). The van der Waals surface area contributed by atoms with E-state index in [1.165, 1.54) is 36.1 Å². The summed E-state index contributed by atoms with van der Waals surface area (Å²) in [5.41, 5.74) is 7.49. The van der Waals surface area contributed by atoms with E-state index in [-0.39, 0.29) is 47.4 Å². The molecule has 10 aliphatic carbocycles. The lowest BCUT2D eigenvalue weighted by Crippen LogP contribution is -2.75. The van der Waals surface area contributed by atoms with Crippen LogP contribution in [-0.2, 0) is 48.8 Å². The highest BCUT2D eigenvalue weighted by Gasteiger charge is 2.82. The fourth-order valence-electron chi connectivity index (χ4n) is 25.0. The van der Waals surface area contributed by atoms with Crippen LogP contribution in [0.1, 0.15) is 238 Å². The third-order valence-corrected chi connectivity index (χ3v) is 28.9. The Balaban J connectivity index is 0.902. The van der Waals surface area contributed by atoms with Gasteiger partial charge in [0.05, 0.1) is 46.3 Å². The molecule has 7 bridgehead atoms. The van der Waals surface area contributed by atoms with Crippen molar-refractivity contribution in [1.82, 2.24) is 19.9 Å². The number of hydrogen-bond donors (Lipinski definition) is 6. The summed E-state index contributed by atoms with van der Waals surface area (Å²) in [6, 6.07) is 7.17. The lowest BCUT2D eigenvalue weighted by atomic mass is 9.26. The molecule has 4 aromatic rings. The molecule has 2 saturated heterocycles. The number of aliphatic hydroxyl groups is 3. The molecular formula is C75H94N4O8. The predicted octanol–water partition coefficient (Wildman–Crippen LogP) is 12.0. The van der Waals surface area contributed by atoms with Crippen molar-refractivity contribution in [1.29, 1.82) is 0 Å². The summed E-state index contributed by atoms with van der Waals surface area (Å²) < 4.78 is 14.6. The molecule has 12 heteroatoms. The van der Waals surface area contributed by atoms with Crippen molar-refractivity contribution in [2.45, 2.75) is 248 Å². The maximum atomic E-state index is 16.6. The summed E-state index contributed by atoms with van der Waals surface area (Å²) in [5.74, 6) is 7.44. The minimum atomic E-state index is -1.05. The van der Waals surface area contributed by atoms with E-state index in [1.54, 1.807) is 0 Å². The van der Waals surface area contributed by atoms with Gasteiger partial charge in [-0.1, -0.05) is 58.6 Å². The van der Waals surface area contributed by atoms with Crippen LogP contribution < -0.4 is 5.32 Å². The molecule has 17 unspecified atom stereocenters. The fourth-order valence-corrected chi connectivity index (χ4v) is 25.0. The van der Waals surface area contributed by atoms with E-state index in [2.05, 4.69) is 96.3 Å². The van der Waals surface area contributed by atoms with Crippen LogP contribution in [0.5, 0.6) is 0 Å². The van der Waals surface area contributed by atoms with Crippen LogP contribution in [0.25, 0.3) is 11.0 Å². The standard InChI is InChI=1S/C75H94N4O8/c1-68(2)67(87-68)55(82)36-69(3)45-15-10-11-23-73-25-20-56-71(5,74-24-19-42(34-74)61-48(21-28-77-61)59(74)66(84)72(56)22-12-16-46(35-72)76-6)65(73)64(83)51(58-60(69)54(81)37-70(58,73)4)40-79-39-50(62-63(79)44(31-45)38-78-62)57-49-32-43(41-13-8-7-9-14-41)33-52(47(49)17-18-53(57)80)75(85)26-29-86-30-27-75/h21,28,32-33,38-39,41-42,45-46,51,55-57,59,64-65,67,76-78,82-83,85H,7-9,12-20,22-27,29-31,34-37,40H2,1-6H3. The van der Waals surface area contributed by atoms with Crippen molar-refractivity contribution in [3.8, 4) is 11.8 Å². The summed E-state index contributed by atoms with van der Waals surface area (Å²) in [6.45, 7) is 12.8. The molecule has 87 heavy (non-hydrogen) atoms. The van der Waals surface area contributed by atoms with Crippen LogP contribution in [0.2, 0.25) is 0 Å². The maximum Gasteiger partial charge on any atom is 0.160 e. The molecule has 12 nitrogen and oxygen atoms in total. The smallest absolute Gasteiger partial charge is 0.160 e. The second-order valence-corrected chi connectivity index (χ2v) is 32.6. The van der Waals surface area contributed by atoms with E-state index < -0.39 is 67.7 Å². The topological polar surface area (TPSA) is 182 Å². The molecule has 8 fully saturated rings. The van der Waals surface area contributed by atoms with E-state index in [0.29, 0.717) is 95.2 Å². The summed E-state index contributed by atoms with van der Waals surface area (Å²) in [7, 11) is 2.08. The number of Topliss-reactive ketones (excluding diaryl/α,β-unsaturated/α-hetero) is 3. The number of ketones is 3. The number of aromatic amines is 2. The van der Waals surface area contributed by atoms with Gasteiger partial charge in [0.25, 0.3) is 0 Å². The third-order valence-electron chi connectivity index (χ3n) is 28.9. The lowest BCUT2D eigenvalue weighted by Gasteiger charge is -2.77. The first kappa shape index (κ1) is 56.4. The zero-order valence-corrected chi connectivity index (χ0v) is 52.6. The number of aliphatic hydroxyl groups excluding tert-OH is 2. The Morgan fingerprint density at radius 2 is 1.66 bits per heavy atom. The van der Waals surface area contributed by atoms with Crippen LogP contribution >= 0.6 is 0 Å². The first-order valence-electron chi connectivity index (χ1n) is 34.6. The van der Waals surface area contributed by atoms with Gasteiger partial charge in [-0.25, -0.2) is 0 Å². The number of aromatic nitrogens is 3. The summed E-state index contributed by atoms with van der Waals surface area (Å²) in [6.07, 6.45) is 22.6. The van der Waals surface area contributed by atoms with Crippen molar-refractivity contribution < 1.29 is 39.2 Å². The number of epoxide rings is 1. The van der Waals surface area contributed by atoms with Gasteiger partial charge < -0.3 is 44.6 Å². The molecule has 6 N–H and O–H groups in total.